The first-order chi connectivity index (χ1) is 7.42. The summed E-state index contributed by atoms with van der Waals surface area (Å²) >= 11 is 0. The Balaban J connectivity index is 2.09. The smallest absolute Gasteiger partial charge is 0.0534 e. The van der Waals surface area contributed by atoms with Gasteiger partial charge in [-0.3, -0.25) is 0 Å². The first kappa shape index (κ1) is 9.17. The van der Waals surface area contributed by atoms with Gasteiger partial charge in [0.25, 0.3) is 0 Å². The maximum atomic E-state index is 9.53. The fourth-order valence-electron chi connectivity index (χ4n) is 3.04. The van der Waals surface area contributed by atoms with Gasteiger partial charge in [0.15, 0.2) is 0 Å². The van der Waals surface area contributed by atoms with Crippen LogP contribution in [-0.4, -0.2) is 11.7 Å². The maximum Gasteiger partial charge on any atom is 0.0534 e. The Labute approximate surface area is 90.5 Å². The number of aliphatic hydroxyl groups excluding tert-OH is 1. The largest absolute Gasteiger partial charge is 0.395 e. The molecule has 0 aliphatic heterocycles. The van der Waals surface area contributed by atoms with Crippen LogP contribution in [0.2, 0.25) is 0 Å². The molecule has 0 aromatic heterocycles. The molecular formula is C14H16O. The number of aliphatic hydroxyl groups is 1. The van der Waals surface area contributed by atoms with Crippen molar-refractivity contribution in [2.45, 2.75) is 25.7 Å². The summed E-state index contributed by atoms with van der Waals surface area (Å²) in [6.07, 6.45) is 13.6. The highest BCUT2D eigenvalue weighted by Crippen LogP contribution is 2.45. The summed E-state index contributed by atoms with van der Waals surface area (Å²) in [5, 5.41) is 9.53. The lowest BCUT2D eigenvalue weighted by molar-refractivity contribution is 0.260. The molecule has 3 aliphatic carbocycles. The highest BCUT2D eigenvalue weighted by molar-refractivity contribution is 5.61. The zero-order valence-electron chi connectivity index (χ0n) is 8.87. The van der Waals surface area contributed by atoms with Gasteiger partial charge in [-0.1, -0.05) is 35.5 Å². The molecule has 1 N–H and O–H groups in total. The Morgan fingerprint density at radius 3 is 2.00 bits per heavy atom. The lowest BCUT2D eigenvalue weighted by Gasteiger charge is -2.18. The van der Waals surface area contributed by atoms with Gasteiger partial charge >= 0.3 is 0 Å². The Bertz CT molecular complexity index is 369. The minimum absolute atomic E-state index is 0.291. The van der Waals surface area contributed by atoms with Crippen molar-refractivity contribution in [2.24, 2.45) is 5.92 Å². The van der Waals surface area contributed by atoms with Crippen molar-refractivity contribution in [3.05, 3.63) is 46.6 Å². The molecule has 0 heterocycles. The minimum Gasteiger partial charge on any atom is -0.395 e. The molecule has 0 amide bonds. The van der Waals surface area contributed by atoms with Crippen LogP contribution in [0.3, 0.4) is 0 Å². The van der Waals surface area contributed by atoms with Gasteiger partial charge in [-0.25, -0.2) is 0 Å². The third kappa shape index (κ3) is 1.26. The van der Waals surface area contributed by atoms with E-state index in [2.05, 4.69) is 24.3 Å². The van der Waals surface area contributed by atoms with Crippen LogP contribution in [0.5, 0.6) is 0 Å². The fraction of sp³-hybridized carbons (Fsp3) is 0.429. The topological polar surface area (TPSA) is 20.2 Å². The first-order valence-electron chi connectivity index (χ1n) is 5.82. The third-order valence-electron chi connectivity index (χ3n) is 3.74. The second kappa shape index (κ2) is 3.49. The van der Waals surface area contributed by atoms with Crippen molar-refractivity contribution >= 4 is 0 Å². The van der Waals surface area contributed by atoms with Gasteiger partial charge in [0.2, 0.25) is 0 Å². The molecule has 0 bridgehead atoms. The molecule has 0 unspecified atom stereocenters. The molecular weight excluding hydrogens is 184 g/mol. The number of rotatable bonds is 1. The standard InChI is InChI=1S/C14H16O/c15-9-14-12-7-3-1-5-10(12)11-6-2-4-8-13(11)14/h1-2,5-6,14-15H,3-4,7-9H2. The van der Waals surface area contributed by atoms with Crippen molar-refractivity contribution in [3.8, 4) is 0 Å². The third-order valence-corrected chi connectivity index (χ3v) is 3.74. The molecule has 0 radical (unpaired) electrons. The summed E-state index contributed by atoms with van der Waals surface area (Å²) in [4.78, 5) is 0. The second-order valence-corrected chi connectivity index (χ2v) is 4.50. The molecule has 0 saturated carbocycles. The monoisotopic (exact) mass is 200 g/mol. The van der Waals surface area contributed by atoms with Crippen molar-refractivity contribution < 1.29 is 5.11 Å². The Kier molecular flexibility index (Phi) is 2.14. The van der Waals surface area contributed by atoms with E-state index in [-0.39, 0.29) is 0 Å². The summed E-state index contributed by atoms with van der Waals surface area (Å²) in [6, 6.07) is 0. The highest BCUT2D eigenvalue weighted by atomic mass is 16.3. The maximum absolute atomic E-state index is 9.53. The SMILES string of the molecule is OCC1C2=C(C=CCC2)C2=C1CCC=C2. The molecule has 3 rings (SSSR count). The average molecular weight is 200 g/mol. The number of fused-ring (bicyclic) bond motifs is 1. The van der Waals surface area contributed by atoms with E-state index in [4.69, 9.17) is 0 Å². The molecule has 3 aliphatic rings. The normalized spacial score (nSPS) is 24.9. The van der Waals surface area contributed by atoms with Crippen LogP contribution in [0.15, 0.2) is 46.6 Å². The highest BCUT2D eigenvalue weighted by Gasteiger charge is 2.31. The van der Waals surface area contributed by atoms with Crippen molar-refractivity contribution in [2.75, 3.05) is 6.61 Å². The Hall–Kier alpha value is -1.08. The predicted molar refractivity (Wildman–Crippen MR) is 61.4 cm³/mol. The van der Waals surface area contributed by atoms with Gasteiger partial charge in [0.1, 0.15) is 0 Å². The summed E-state index contributed by atoms with van der Waals surface area (Å²) in [6.45, 7) is 0.291. The second-order valence-electron chi connectivity index (χ2n) is 4.50. The lowest BCUT2D eigenvalue weighted by atomic mass is 9.88. The van der Waals surface area contributed by atoms with Gasteiger partial charge in [-0.05, 0) is 36.8 Å². The lowest BCUT2D eigenvalue weighted by Crippen LogP contribution is -2.11. The zero-order chi connectivity index (χ0) is 10.3. The molecule has 0 aromatic rings. The van der Waals surface area contributed by atoms with E-state index in [0.29, 0.717) is 12.5 Å². The molecule has 0 atom stereocenters. The van der Waals surface area contributed by atoms with E-state index in [1.807, 2.05) is 0 Å². The van der Waals surface area contributed by atoms with Crippen LogP contribution >= 0.6 is 0 Å². The Morgan fingerprint density at radius 2 is 1.53 bits per heavy atom. The van der Waals surface area contributed by atoms with Crippen LogP contribution in [0.25, 0.3) is 0 Å². The summed E-state index contributed by atoms with van der Waals surface area (Å²) in [5.74, 6) is 0.338. The van der Waals surface area contributed by atoms with Gasteiger partial charge in [0, 0.05) is 5.92 Å². The van der Waals surface area contributed by atoms with E-state index in [1.54, 1.807) is 0 Å². The van der Waals surface area contributed by atoms with Crippen LogP contribution in [0.1, 0.15) is 25.7 Å². The van der Waals surface area contributed by atoms with E-state index in [1.165, 1.54) is 22.3 Å². The summed E-state index contributed by atoms with van der Waals surface area (Å²) in [7, 11) is 0. The fourth-order valence-corrected chi connectivity index (χ4v) is 3.04. The minimum atomic E-state index is 0.291. The van der Waals surface area contributed by atoms with E-state index < -0.39 is 0 Å². The summed E-state index contributed by atoms with van der Waals surface area (Å²) in [5.41, 5.74) is 5.78. The number of hydrogen-bond acceptors (Lipinski definition) is 1. The van der Waals surface area contributed by atoms with Crippen molar-refractivity contribution in [3.63, 3.8) is 0 Å². The van der Waals surface area contributed by atoms with Crippen molar-refractivity contribution in [1.82, 2.24) is 0 Å². The zero-order valence-corrected chi connectivity index (χ0v) is 8.87. The van der Waals surface area contributed by atoms with Crippen LogP contribution in [0.4, 0.5) is 0 Å². The predicted octanol–water partition coefficient (Wildman–Crippen LogP) is 2.90. The molecule has 1 nitrogen and oxygen atoms in total. The molecule has 0 saturated heterocycles. The van der Waals surface area contributed by atoms with Gasteiger partial charge < -0.3 is 5.11 Å². The van der Waals surface area contributed by atoms with E-state index in [9.17, 15) is 5.11 Å². The molecule has 1 heteroatoms. The number of allylic oxidation sites excluding steroid dienone is 6. The van der Waals surface area contributed by atoms with Gasteiger partial charge in [0.05, 0.1) is 6.61 Å². The Morgan fingerprint density at radius 1 is 1.00 bits per heavy atom. The average Bonchev–Trinajstić information content (AvgIpc) is 2.63. The molecule has 78 valence electrons. The first-order valence-corrected chi connectivity index (χ1v) is 5.82. The molecule has 0 fully saturated rings. The van der Waals surface area contributed by atoms with E-state index >= 15 is 0 Å². The van der Waals surface area contributed by atoms with Crippen LogP contribution < -0.4 is 0 Å². The molecule has 15 heavy (non-hydrogen) atoms. The quantitative estimate of drug-likeness (QED) is 0.690. The van der Waals surface area contributed by atoms with E-state index in [0.717, 1.165) is 25.7 Å². The van der Waals surface area contributed by atoms with Crippen molar-refractivity contribution in [1.29, 1.82) is 0 Å². The molecule has 0 spiro atoms. The van der Waals surface area contributed by atoms with Gasteiger partial charge in [-0.2, -0.15) is 0 Å². The van der Waals surface area contributed by atoms with Crippen LogP contribution in [0, 0.1) is 5.92 Å². The van der Waals surface area contributed by atoms with Gasteiger partial charge in [-0.15, -0.1) is 0 Å². The molecule has 0 aromatic carbocycles. The number of hydrogen-bond donors (Lipinski definition) is 1. The summed E-state index contributed by atoms with van der Waals surface area (Å²) < 4.78 is 0. The van der Waals surface area contributed by atoms with Crippen LogP contribution in [-0.2, 0) is 0 Å².